The van der Waals surface area contributed by atoms with Crippen LogP contribution in [0.4, 0.5) is 22.7 Å². The molecule has 144 valence electrons. The second-order valence-electron chi connectivity index (χ2n) is 7.55. The molecule has 8 N–H and O–H groups in total. The smallest absolute Gasteiger partial charge is 0.399 e. The van der Waals surface area contributed by atoms with Gasteiger partial charge < -0.3 is 22.9 Å². The zero-order valence-corrected chi connectivity index (χ0v) is 19.1. The van der Waals surface area contributed by atoms with Crippen molar-refractivity contribution in [1.82, 2.24) is 0 Å². The molecule has 0 atom stereocenters. The zero-order chi connectivity index (χ0) is 20.4. The fraction of sp³-hybridized carbons (Fsp3) is 0. The monoisotopic (exact) mass is 402 g/mol. The van der Waals surface area contributed by atoms with E-state index >= 15 is 0 Å². The van der Waals surface area contributed by atoms with E-state index in [1.54, 1.807) is 0 Å². The molecular weight excluding hydrogens is 378 g/mol. The maximum absolute atomic E-state index is 6.22. The summed E-state index contributed by atoms with van der Waals surface area (Å²) < 4.78 is 0. The molecule has 0 fully saturated rings. The van der Waals surface area contributed by atoms with Crippen LogP contribution < -0.4 is 74.3 Å². The van der Waals surface area contributed by atoms with Crippen molar-refractivity contribution in [2.24, 2.45) is 0 Å². The van der Waals surface area contributed by atoms with Crippen molar-refractivity contribution in [3.63, 3.8) is 0 Å². The van der Waals surface area contributed by atoms with E-state index in [2.05, 4.69) is 24.3 Å². The van der Waals surface area contributed by atoms with Crippen LogP contribution in [0.5, 0.6) is 0 Å². The van der Waals surface area contributed by atoms with E-state index in [0.29, 0.717) is 22.7 Å². The molecule has 0 saturated heterocycles. The molecule has 0 spiro atoms. The molecule has 0 bridgehead atoms. The van der Waals surface area contributed by atoms with Gasteiger partial charge in [-0.1, -0.05) is 72.8 Å². The molecule has 0 aromatic heterocycles. The third kappa shape index (κ3) is 3.92. The summed E-state index contributed by atoms with van der Waals surface area (Å²) >= 11 is 0. The largest absolute Gasteiger partial charge is 1.00 e. The van der Waals surface area contributed by atoms with Crippen molar-refractivity contribution < 1.29 is 29.6 Å². The van der Waals surface area contributed by atoms with Gasteiger partial charge in [0.15, 0.2) is 0 Å². The second kappa shape index (κ2) is 8.88. The summed E-state index contributed by atoms with van der Waals surface area (Å²) in [5, 5.41) is 0. The Morgan fingerprint density at radius 1 is 0.400 bits per heavy atom. The van der Waals surface area contributed by atoms with Gasteiger partial charge >= 0.3 is 29.6 Å². The Balaban J connectivity index is 0.00000256. The average molecular weight is 402 g/mol. The Bertz CT molecular complexity index is 991. The molecule has 4 rings (SSSR count). The average Bonchev–Trinajstić information content (AvgIpc) is 2.69. The molecule has 0 aliphatic rings. The minimum Gasteiger partial charge on any atom is -0.399 e. The van der Waals surface area contributed by atoms with E-state index in [0.717, 1.165) is 21.9 Å². The molecule has 0 saturated carbocycles. The summed E-state index contributed by atoms with van der Waals surface area (Å²) in [6.07, 6.45) is -1.61. The minimum absolute atomic E-state index is 0. The fourth-order valence-corrected chi connectivity index (χ4v) is 4.47. The summed E-state index contributed by atoms with van der Waals surface area (Å²) in [6, 6.07) is 32.0. The van der Waals surface area contributed by atoms with Crippen LogP contribution in [0.1, 0.15) is 0 Å². The Labute approximate surface area is 199 Å². The van der Waals surface area contributed by atoms with Crippen LogP contribution >= 0.6 is 0 Å². The molecule has 0 unspecified atom stereocenters. The molecular formula is C24H24BN4Na. The minimum atomic E-state index is -1.61. The quantitative estimate of drug-likeness (QED) is 0.244. The third-order valence-corrected chi connectivity index (χ3v) is 5.64. The summed E-state index contributed by atoms with van der Waals surface area (Å²) in [6.45, 7) is 0. The van der Waals surface area contributed by atoms with E-state index in [9.17, 15) is 0 Å². The second-order valence-corrected chi connectivity index (χ2v) is 7.55. The Kier molecular flexibility index (Phi) is 6.47. The van der Waals surface area contributed by atoms with Crippen LogP contribution in [-0.2, 0) is 0 Å². The summed E-state index contributed by atoms with van der Waals surface area (Å²) in [5.41, 5.74) is 32.0. The first-order valence-corrected chi connectivity index (χ1v) is 9.59. The van der Waals surface area contributed by atoms with E-state index in [1.165, 1.54) is 0 Å². The number of benzene rings is 4. The normalized spacial score (nSPS) is 10.9. The van der Waals surface area contributed by atoms with Gasteiger partial charge in [0.1, 0.15) is 6.15 Å². The SMILES string of the molecule is Nc1cccc([B-](c2cccc(N)c2)(c2cccc(N)c2)c2cccc(N)c2)c1.[Na+]. The predicted octanol–water partition coefficient (Wildman–Crippen LogP) is -1.60. The topological polar surface area (TPSA) is 104 Å². The maximum atomic E-state index is 6.22. The number of hydrogen-bond donors (Lipinski definition) is 4. The predicted molar refractivity (Wildman–Crippen MR) is 128 cm³/mol. The van der Waals surface area contributed by atoms with Crippen LogP contribution in [0.25, 0.3) is 0 Å². The van der Waals surface area contributed by atoms with E-state index < -0.39 is 6.15 Å². The van der Waals surface area contributed by atoms with Crippen LogP contribution in [0, 0.1) is 0 Å². The summed E-state index contributed by atoms with van der Waals surface area (Å²) in [7, 11) is 0. The van der Waals surface area contributed by atoms with Gasteiger partial charge in [0.2, 0.25) is 0 Å². The van der Waals surface area contributed by atoms with Crippen molar-refractivity contribution in [2.45, 2.75) is 0 Å². The number of anilines is 4. The van der Waals surface area contributed by atoms with E-state index in [4.69, 9.17) is 22.9 Å². The molecule has 0 aliphatic carbocycles. The van der Waals surface area contributed by atoms with Crippen molar-refractivity contribution in [3.05, 3.63) is 97.1 Å². The zero-order valence-electron chi connectivity index (χ0n) is 17.1. The van der Waals surface area contributed by atoms with Crippen molar-refractivity contribution >= 4 is 50.7 Å². The van der Waals surface area contributed by atoms with E-state index in [1.807, 2.05) is 72.8 Å². The molecule has 0 radical (unpaired) electrons. The molecule has 4 aromatic rings. The van der Waals surface area contributed by atoms with Crippen molar-refractivity contribution in [1.29, 1.82) is 0 Å². The molecule has 4 aromatic carbocycles. The maximum Gasteiger partial charge on any atom is 1.00 e. The summed E-state index contributed by atoms with van der Waals surface area (Å²) in [5.74, 6) is 0. The van der Waals surface area contributed by atoms with Gasteiger partial charge in [-0.05, 0) is 24.3 Å². The van der Waals surface area contributed by atoms with Crippen LogP contribution in [0.2, 0.25) is 0 Å². The van der Waals surface area contributed by atoms with E-state index in [-0.39, 0.29) is 29.6 Å². The number of nitrogens with two attached hydrogens (primary N) is 4. The van der Waals surface area contributed by atoms with Gasteiger partial charge in [0, 0.05) is 22.7 Å². The van der Waals surface area contributed by atoms with Crippen molar-refractivity contribution in [3.8, 4) is 0 Å². The summed E-state index contributed by atoms with van der Waals surface area (Å²) in [4.78, 5) is 0. The first-order chi connectivity index (χ1) is 14.0. The molecule has 4 nitrogen and oxygen atoms in total. The third-order valence-electron chi connectivity index (χ3n) is 5.64. The van der Waals surface area contributed by atoms with Crippen LogP contribution in [0.15, 0.2) is 97.1 Å². The number of nitrogen functional groups attached to an aromatic ring is 4. The standard InChI is InChI=1S/C24H24BN4.Na/c26-21-9-1-5-17(13-21)25(18-6-2-10-22(27)14-18,19-7-3-11-23(28)15-19)20-8-4-12-24(29)16-20;/h1-16H,26-29H2;/q-1;+1. The van der Waals surface area contributed by atoms with Gasteiger partial charge in [-0.3, -0.25) is 0 Å². The first kappa shape index (κ1) is 21.8. The Morgan fingerprint density at radius 3 is 0.833 bits per heavy atom. The fourth-order valence-electron chi connectivity index (χ4n) is 4.47. The molecule has 0 heterocycles. The molecule has 0 aliphatic heterocycles. The van der Waals surface area contributed by atoms with Gasteiger partial charge in [-0.25, -0.2) is 0 Å². The Morgan fingerprint density at radius 2 is 0.633 bits per heavy atom. The van der Waals surface area contributed by atoms with Crippen LogP contribution in [-0.4, -0.2) is 6.15 Å². The number of hydrogen-bond acceptors (Lipinski definition) is 4. The number of rotatable bonds is 4. The first-order valence-electron chi connectivity index (χ1n) is 9.59. The molecule has 6 heteroatoms. The molecule has 30 heavy (non-hydrogen) atoms. The van der Waals surface area contributed by atoms with Gasteiger partial charge in [0.05, 0.1) is 0 Å². The van der Waals surface area contributed by atoms with Crippen molar-refractivity contribution in [2.75, 3.05) is 22.9 Å². The Hall–Kier alpha value is -2.86. The van der Waals surface area contributed by atoms with Gasteiger partial charge in [-0.2, -0.15) is 21.9 Å². The molecule has 0 amide bonds. The van der Waals surface area contributed by atoms with Crippen LogP contribution in [0.3, 0.4) is 0 Å². The van der Waals surface area contributed by atoms with Gasteiger partial charge in [-0.15, -0.1) is 0 Å². The van der Waals surface area contributed by atoms with Gasteiger partial charge in [0.25, 0.3) is 0 Å².